The molecule has 6 heteroatoms. The van der Waals surface area contributed by atoms with E-state index in [4.69, 9.17) is 4.74 Å². The second-order valence-corrected chi connectivity index (χ2v) is 5.17. The van der Waals surface area contributed by atoms with Crippen molar-refractivity contribution < 1.29 is 9.13 Å². The lowest BCUT2D eigenvalue weighted by molar-refractivity contribution is 0.135. The Morgan fingerprint density at radius 3 is 2.75 bits per heavy atom. The smallest absolute Gasteiger partial charge is 0.255 e. The number of nitrogens with one attached hydrogen (secondary N) is 2. The van der Waals surface area contributed by atoms with E-state index >= 15 is 0 Å². The third kappa shape index (κ3) is 2.91. The third-order valence-corrected chi connectivity index (χ3v) is 3.56. The molecule has 108 valence electrons. The Kier molecular flexibility index (Phi) is 3.84. The van der Waals surface area contributed by atoms with Crippen LogP contribution in [-0.4, -0.2) is 42.3 Å². The first-order valence-corrected chi connectivity index (χ1v) is 6.97. The Bertz CT molecular complexity index is 498. The number of nitrogens with zero attached hydrogens (tertiary/aromatic N) is 2. The Morgan fingerprint density at radius 2 is 2.15 bits per heavy atom. The van der Waals surface area contributed by atoms with Crippen LogP contribution in [0.2, 0.25) is 0 Å². The molecule has 0 spiro atoms. The summed E-state index contributed by atoms with van der Waals surface area (Å²) in [6.45, 7) is 7.39. The summed E-state index contributed by atoms with van der Waals surface area (Å²) in [5.74, 6) is -0.381. The van der Waals surface area contributed by atoms with Crippen molar-refractivity contribution in [2.75, 3.05) is 26.2 Å². The fraction of sp³-hybridized carbons (Fsp3) is 0.500. The maximum absolute atomic E-state index is 13.9. The van der Waals surface area contributed by atoms with E-state index in [0.29, 0.717) is 11.4 Å². The second kappa shape index (κ2) is 5.76. The van der Waals surface area contributed by atoms with Gasteiger partial charge in [-0.25, -0.2) is 9.99 Å². The summed E-state index contributed by atoms with van der Waals surface area (Å²) in [5, 5.41) is 5.15. The van der Waals surface area contributed by atoms with Crippen molar-refractivity contribution in [2.45, 2.75) is 18.9 Å². The maximum Gasteiger partial charge on any atom is 0.255 e. The molecule has 1 aromatic rings. The van der Waals surface area contributed by atoms with Gasteiger partial charge in [-0.05, 0) is 25.0 Å². The minimum atomic E-state index is -0.584. The summed E-state index contributed by atoms with van der Waals surface area (Å²) in [5.41, 5.74) is 4.29. The minimum Gasteiger partial charge on any atom is -0.483 e. The molecule has 20 heavy (non-hydrogen) atoms. The molecule has 0 unspecified atom stereocenters. The summed E-state index contributed by atoms with van der Waals surface area (Å²) in [6, 6.07) is 3.35. The number of pyridine rings is 1. The van der Waals surface area contributed by atoms with Gasteiger partial charge in [-0.3, -0.25) is 0 Å². The van der Waals surface area contributed by atoms with Gasteiger partial charge in [0.2, 0.25) is 0 Å². The number of rotatable bonds is 5. The lowest BCUT2D eigenvalue weighted by Gasteiger charge is -2.27. The van der Waals surface area contributed by atoms with Crippen LogP contribution in [0.4, 0.5) is 4.39 Å². The summed E-state index contributed by atoms with van der Waals surface area (Å²) in [7, 11) is 0. The fourth-order valence-electron chi connectivity index (χ4n) is 2.28. The number of hydrogen-bond acceptors (Lipinski definition) is 5. The normalized spacial score (nSPS) is 19.6. The highest BCUT2D eigenvalue weighted by Crippen LogP contribution is 2.20. The van der Waals surface area contributed by atoms with Crippen LogP contribution in [0.15, 0.2) is 18.7 Å². The van der Waals surface area contributed by atoms with Gasteiger partial charge in [0, 0.05) is 26.2 Å². The Balaban J connectivity index is 1.64. The first-order valence-electron chi connectivity index (χ1n) is 6.97. The first-order chi connectivity index (χ1) is 9.72. The van der Waals surface area contributed by atoms with E-state index in [9.17, 15) is 4.39 Å². The Labute approximate surface area is 117 Å². The van der Waals surface area contributed by atoms with Crippen molar-refractivity contribution in [1.29, 1.82) is 0 Å². The quantitative estimate of drug-likeness (QED) is 0.791. The van der Waals surface area contributed by atoms with Gasteiger partial charge in [-0.2, -0.15) is 4.39 Å². The van der Waals surface area contributed by atoms with Crippen molar-refractivity contribution in [2.24, 2.45) is 0 Å². The first kappa shape index (κ1) is 13.3. The van der Waals surface area contributed by atoms with Gasteiger partial charge in [0.25, 0.3) is 5.95 Å². The van der Waals surface area contributed by atoms with Crippen LogP contribution < -0.4 is 15.5 Å². The van der Waals surface area contributed by atoms with E-state index in [0.717, 1.165) is 26.2 Å². The van der Waals surface area contributed by atoms with Gasteiger partial charge in [0.1, 0.15) is 6.10 Å². The molecule has 0 amide bonds. The van der Waals surface area contributed by atoms with Crippen LogP contribution in [-0.2, 0) is 0 Å². The predicted molar refractivity (Wildman–Crippen MR) is 74.5 cm³/mol. The van der Waals surface area contributed by atoms with E-state index in [1.807, 2.05) is 0 Å². The van der Waals surface area contributed by atoms with Crippen molar-refractivity contribution in [1.82, 2.24) is 20.7 Å². The van der Waals surface area contributed by atoms with Gasteiger partial charge in [-0.1, -0.05) is 6.58 Å². The molecule has 2 aliphatic rings. The summed E-state index contributed by atoms with van der Waals surface area (Å²) >= 11 is 0. The molecular weight excluding hydrogens is 259 g/mol. The van der Waals surface area contributed by atoms with Gasteiger partial charge in [-0.15, -0.1) is 0 Å². The fourth-order valence-corrected chi connectivity index (χ4v) is 2.28. The van der Waals surface area contributed by atoms with Gasteiger partial charge >= 0.3 is 0 Å². The number of ether oxygens (including phenoxy) is 1. The van der Waals surface area contributed by atoms with Crippen molar-refractivity contribution in [3.05, 3.63) is 30.4 Å². The molecule has 3 rings (SSSR count). The van der Waals surface area contributed by atoms with Gasteiger partial charge in [0.15, 0.2) is 5.75 Å². The summed E-state index contributed by atoms with van der Waals surface area (Å²) < 4.78 is 19.4. The Hall–Kier alpha value is -1.66. The second-order valence-electron chi connectivity index (χ2n) is 5.17. The zero-order valence-electron chi connectivity index (χ0n) is 11.4. The molecule has 0 bridgehead atoms. The molecule has 3 heterocycles. The topological polar surface area (TPSA) is 49.4 Å². The number of aromatic nitrogens is 1. The summed E-state index contributed by atoms with van der Waals surface area (Å²) in [6.07, 6.45) is 2.39. The number of halogens is 1. The monoisotopic (exact) mass is 278 g/mol. The highest BCUT2D eigenvalue weighted by atomic mass is 19.1. The lowest BCUT2D eigenvalue weighted by Crippen LogP contribution is -2.50. The van der Waals surface area contributed by atoms with Gasteiger partial charge < -0.3 is 15.5 Å². The number of hydrogen-bond donors (Lipinski definition) is 2. The molecule has 5 nitrogen and oxygen atoms in total. The average molecular weight is 278 g/mol. The molecule has 2 aliphatic heterocycles. The van der Waals surface area contributed by atoms with E-state index in [2.05, 4.69) is 27.3 Å². The molecule has 0 saturated carbocycles. The third-order valence-electron chi connectivity index (χ3n) is 3.56. The van der Waals surface area contributed by atoms with Crippen LogP contribution in [0.5, 0.6) is 5.75 Å². The van der Waals surface area contributed by atoms with Crippen LogP contribution in [0.1, 0.15) is 18.5 Å². The van der Waals surface area contributed by atoms with E-state index in [1.165, 1.54) is 12.8 Å². The Morgan fingerprint density at radius 1 is 1.40 bits per heavy atom. The number of hydrazine groups is 1. The van der Waals surface area contributed by atoms with E-state index < -0.39 is 5.95 Å². The highest BCUT2D eigenvalue weighted by Gasteiger charge is 2.21. The zero-order chi connectivity index (χ0) is 13.9. The lowest BCUT2D eigenvalue weighted by atomic mass is 10.2. The van der Waals surface area contributed by atoms with Crippen LogP contribution in [0, 0.1) is 5.95 Å². The maximum atomic E-state index is 13.9. The van der Waals surface area contributed by atoms with E-state index in [1.54, 1.807) is 12.1 Å². The predicted octanol–water partition coefficient (Wildman–Crippen LogP) is 1.14. The van der Waals surface area contributed by atoms with Gasteiger partial charge in [0.05, 0.1) is 11.4 Å². The standard InChI is InChI=1S/C14H19FN4O/c1-10(18-19-6-2-3-7-19)12-4-5-13(14(15)17-12)20-11-8-16-9-11/h4-5,11,16,18H,1-3,6-9H2. The molecule has 0 atom stereocenters. The summed E-state index contributed by atoms with van der Waals surface area (Å²) in [4.78, 5) is 3.93. The average Bonchev–Trinajstić information content (AvgIpc) is 2.88. The van der Waals surface area contributed by atoms with Crippen molar-refractivity contribution >= 4 is 5.70 Å². The largest absolute Gasteiger partial charge is 0.483 e. The molecular formula is C14H19FN4O. The highest BCUT2D eigenvalue weighted by molar-refractivity contribution is 5.58. The SMILES string of the molecule is C=C(NN1CCCC1)c1ccc(OC2CNC2)c(F)n1. The van der Waals surface area contributed by atoms with Crippen LogP contribution in [0.3, 0.4) is 0 Å². The molecule has 2 saturated heterocycles. The zero-order valence-corrected chi connectivity index (χ0v) is 11.4. The molecule has 2 fully saturated rings. The van der Waals surface area contributed by atoms with Crippen LogP contribution >= 0.6 is 0 Å². The molecule has 2 N–H and O–H groups in total. The molecule has 0 aromatic carbocycles. The molecule has 1 aromatic heterocycles. The minimum absolute atomic E-state index is 0.0445. The van der Waals surface area contributed by atoms with Crippen LogP contribution in [0.25, 0.3) is 5.70 Å². The molecule has 0 aliphatic carbocycles. The van der Waals surface area contributed by atoms with Crippen molar-refractivity contribution in [3.8, 4) is 5.75 Å². The van der Waals surface area contributed by atoms with E-state index in [-0.39, 0.29) is 11.9 Å². The molecule has 0 radical (unpaired) electrons. The van der Waals surface area contributed by atoms with Crippen molar-refractivity contribution in [3.63, 3.8) is 0 Å².